The predicted octanol–water partition coefficient (Wildman–Crippen LogP) is 4.74. The number of hydrogen-bond donors (Lipinski definition) is 1. The number of benzene rings is 2. The number of nitrogens with one attached hydrogen (secondary N) is 1. The van der Waals surface area contributed by atoms with Crippen LogP contribution in [0.2, 0.25) is 5.02 Å². The van der Waals surface area contributed by atoms with Crippen LogP contribution in [0.3, 0.4) is 0 Å². The van der Waals surface area contributed by atoms with E-state index in [1.807, 2.05) is 24.3 Å². The van der Waals surface area contributed by atoms with Crippen LogP contribution in [0.25, 0.3) is 0 Å². The highest BCUT2D eigenvalue weighted by Crippen LogP contribution is 2.36. The van der Waals surface area contributed by atoms with Crippen LogP contribution < -0.4 is 5.32 Å². The molecule has 4 heteroatoms. The molecule has 2 rings (SSSR count). The smallest absolute Gasteiger partial charge is 0.124 e. The van der Waals surface area contributed by atoms with E-state index in [0.717, 1.165) is 28.4 Å². The lowest BCUT2D eigenvalue weighted by Gasteiger charge is -2.11. The zero-order chi connectivity index (χ0) is 13.7. The Hall–Kier alpha value is -1.03. The zero-order valence-corrected chi connectivity index (χ0v) is 12.2. The van der Waals surface area contributed by atoms with Crippen molar-refractivity contribution < 1.29 is 4.39 Å². The molecule has 1 N–H and O–H groups in total. The van der Waals surface area contributed by atoms with Crippen LogP contribution in [0.4, 0.5) is 4.39 Å². The molecule has 0 heterocycles. The van der Waals surface area contributed by atoms with Crippen molar-refractivity contribution in [2.24, 2.45) is 0 Å². The minimum Gasteiger partial charge on any atom is -0.313 e. The SMILES string of the molecule is CCNCc1cccc(Cl)c1Sc1cccc(F)c1. The molecular formula is C15H15ClFNS. The van der Waals surface area contributed by atoms with Gasteiger partial charge in [0.25, 0.3) is 0 Å². The maximum atomic E-state index is 13.2. The van der Waals surface area contributed by atoms with Crippen LogP contribution in [0, 0.1) is 5.82 Å². The fraction of sp³-hybridized carbons (Fsp3) is 0.200. The monoisotopic (exact) mass is 295 g/mol. The van der Waals surface area contributed by atoms with Crippen molar-refractivity contribution in [3.8, 4) is 0 Å². The molecule has 0 amide bonds. The van der Waals surface area contributed by atoms with Gasteiger partial charge in [-0.25, -0.2) is 4.39 Å². The van der Waals surface area contributed by atoms with E-state index < -0.39 is 0 Å². The van der Waals surface area contributed by atoms with Gasteiger partial charge >= 0.3 is 0 Å². The molecule has 2 aromatic carbocycles. The number of halogens is 2. The molecule has 0 radical (unpaired) electrons. The summed E-state index contributed by atoms with van der Waals surface area (Å²) in [7, 11) is 0. The number of hydrogen-bond acceptors (Lipinski definition) is 2. The third kappa shape index (κ3) is 3.96. The van der Waals surface area contributed by atoms with Gasteiger partial charge in [0, 0.05) is 16.3 Å². The van der Waals surface area contributed by atoms with Gasteiger partial charge in [-0.05, 0) is 36.4 Å². The van der Waals surface area contributed by atoms with Gasteiger partial charge in [-0.1, -0.05) is 48.5 Å². The van der Waals surface area contributed by atoms with Crippen molar-refractivity contribution in [3.63, 3.8) is 0 Å². The van der Waals surface area contributed by atoms with Gasteiger partial charge < -0.3 is 5.32 Å². The van der Waals surface area contributed by atoms with Crippen molar-refractivity contribution in [3.05, 3.63) is 58.9 Å². The summed E-state index contributed by atoms with van der Waals surface area (Å²) in [6.45, 7) is 3.72. The highest BCUT2D eigenvalue weighted by molar-refractivity contribution is 7.99. The van der Waals surface area contributed by atoms with Crippen molar-refractivity contribution >= 4 is 23.4 Å². The minimum absolute atomic E-state index is 0.231. The standard InChI is InChI=1S/C15H15ClFNS/c1-2-18-10-11-5-3-8-14(16)15(11)19-13-7-4-6-12(17)9-13/h3-9,18H,2,10H2,1H3. The van der Waals surface area contributed by atoms with Gasteiger partial charge in [-0.15, -0.1) is 0 Å². The molecule has 0 saturated heterocycles. The molecule has 0 atom stereocenters. The van der Waals surface area contributed by atoms with E-state index in [0.29, 0.717) is 5.02 Å². The first kappa shape index (κ1) is 14.4. The van der Waals surface area contributed by atoms with Gasteiger partial charge in [0.15, 0.2) is 0 Å². The van der Waals surface area contributed by atoms with Crippen molar-refractivity contribution in [1.29, 1.82) is 0 Å². The first-order chi connectivity index (χ1) is 9.20. The van der Waals surface area contributed by atoms with Gasteiger partial charge in [0.1, 0.15) is 5.82 Å². The maximum absolute atomic E-state index is 13.2. The summed E-state index contributed by atoms with van der Waals surface area (Å²) in [6.07, 6.45) is 0. The van der Waals surface area contributed by atoms with E-state index in [2.05, 4.69) is 12.2 Å². The number of rotatable bonds is 5. The Morgan fingerprint density at radius 3 is 2.74 bits per heavy atom. The van der Waals surface area contributed by atoms with Crippen LogP contribution in [-0.4, -0.2) is 6.54 Å². The summed E-state index contributed by atoms with van der Waals surface area (Å²) in [5, 5.41) is 3.98. The van der Waals surface area contributed by atoms with Crippen molar-refractivity contribution in [2.75, 3.05) is 6.54 Å². The molecule has 0 unspecified atom stereocenters. The topological polar surface area (TPSA) is 12.0 Å². The van der Waals surface area contributed by atoms with Gasteiger partial charge in [-0.2, -0.15) is 0 Å². The molecule has 0 spiro atoms. The molecule has 2 aromatic rings. The molecule has 0 aromatic heterocycles. The molecular weight excluding hydrogens is 281 g/mol. The van der Waals surface area contributed by atoms with Crippen LogP contribution >= 0.6 is 23.4 Å². The largest absolute Gasteiger partial charge is 0.313 e. The van der Waals surface area contributed by atoms with E-state index in [4.69, 9.17) is 11.6 Å². The summed E-state index contributed by atoms with van der Waals surface area (Å²) in [4.78, 5) is 1.83. The van der Waals surface area contributed by atoms with Gasteiger partial charge in [0.05, 0.1) is 5.02 Å². The molecule has 100 valence electrons. The predicted molar refractivity (Wildman–Crippen MR) is 79.4 cm³/mol. The lowest BCUT2D eigenvalue weighted by molar-refractivity contribution is 0.624. The lowest BCUT2D eigenvalue weighted by atomic mass is 10.2. The summed E-state index contributed by atoms with van der Waals surface area (Å²) in [5.74, 6) is -0.231. The highest BCUT2D eigenvalue weighted by atomic mass is 35.5. The van der Waals surface area contributed by atoms with Crippen LogP contribution in [-0.2, 0) is 6.54 Å². The Balaban J connectivity index is 2.27. The molecule has 0 fully saturated rings. The lowest BCUT2D eigenvalue weighted by Crippen LogP contribution is -2.12. The van der Waals surface area contributed by atoms with Gasteiger partial charge in [0.2, 0.25) is 0 Å². The van der Waals surface area contributed by atoms with Crippen molar-refractivity contribution in [1.82, 2.24) is 5.32 Å². The first-order valence-corrected chi connectivity index (χ1v) is 7.31. The Kier molecular flexibility index (Phi) is 5.25. The van der Waals surface area contributed by atoms with Crippen molar-refractivity contribution in [2.45, 2.75) is 23.3 Å². The first-order valence-electron chi connectivity index (χ1n) is 6.12. The molecule has 0 saturated carbocycles. The fourth-order valence-corrected chi connectivity index (χ4v) is 3.02. The Labute approximate surface area is 122 Å². The van der Waals surface area contributed by atoms with Gasteiger partial charge in [-0.3, -0.25) is 0 Å². The average molecular weight is 296 g/mol. The minimum atomic E-state index is -0.231. The molecule has 0 aliphatic rings. The Bertz CT molecular complexity index is 560. The fourth-order valence-electron chi connectivity index (χ4n) is 1.72. The third-order valence-corrected chi connectivity index (χ3v) is 4.23. The van der Waals surface area contributed by atoms with E-state index in [1.165, 1.54) is 23.9 Å². The second kappa shape index (κ2) is 6.94. The molecule has 19 heavy (non-hydrogen) atoms. The van der Waals surface area contributed by atoms with Crippen LogP contribution in [0.1, 0.15) is 12.5 Å². The summed E-state index contributed by atoms with van der Waals surface area (Å²) in [6, 6.07) is 12.4. The third-order valence-electron chi connectivity index (χ3n) is 2.63. The molecule has 1 nitrogen and oxygen atoms in total. The van der Waals surface area contributed by atoms with E-state index in [9.17, 15) is 4.39 Å². The highest BCUT2D eigenvalue weighted by Gasteiger charge is 2.09. The second-order valence-electron chi connectivity index (χ2n) is 4.07. The summed E-state index contributed by atoms with van der Waals surface area (Å²) in [5.41, 5.74) is 1.13. The van der Waals surface area contributed by atoms with E-state index in [-0.39, 0.29) is 5.82 Å². The molecule has 0 aliphatic heterocycles. The molecule has 0 aliphatic carbocycles. The Morgan fingerprint density at radius 1 is 1.21 bits per heavy atom. The summed E-state index contributed by atoms with van der Waals surface area (Å²) >= 11 is 7.75. The second-order valence-corrected chi connectivity index (χ2v) is 5.56. The van der Waals surface area contributed by atoms with E-state index >= 15 is 0 Å². The normalized spacial score (nSPS) is 10.7. The average Bonchev–Trinajstić information content (AvgIpc) is 2.39. The Morgan fingerprint density at radius 2 is 2.00 bits per heavy atom. The molecule has 0 bridgehead atoms. The maximum Gasteiger partial charge on any atom is 0.124 e. The quantitative estimate of drug-likeness (QED) is 0.855. The van der Waals surface area contributed by atoms with Crippen LogP contribution in [0.5, 0.6) is 0 Å². The summed E-state index contributed by atoms with van der Waals surface area (Å²) < 4.78 is 13.2. The zero-order valence-electron chi connectivity index (χ0n) is 10.6. The van der Waals surface area contributed by atoms with Crippen LogP contribution in [0.15, 0.2) is 52.3 Å². The van der Waals surface area contributed by atoms with E-state index in [1.54, 1.807) is 6.07 Å².